The van der Waals surface area contributed by atoms with Gasteiger partial charge in [0.1, 0.15) is 0 Å². The van der Waals surface area contributed by atoms with E-state index < -0.39 is 12.8 Å². The number of nitrogens with zero attached hydrogens (tertiary/aromatic N) is 2. The molecule has 2 rings (SSSR count). The van der Waals surface area contributed by atoms with Crippen LogP contribution in [0.2, 0.25) is 0 Å². The van der Waals surface area contributed by atoms with Gasteiger partial charge in [-0.1, -0.05) is 0 Å². The van der Waals surface area contributed by atoms with Gasteiger partial charge >= 0.3 is 6.18 Å². The maximum Gasteiger partial charge on any atom is 0.422 e. The highest BCUT2D eigenvalue weighted by Crippen LogP contribution is 2.29. The molecule has 0 amide bonds. The first-order chi connectivity index (χ1) is 9.49. The Morgan fingerprint density at radius 1 is 1.25 bits per heavy atom. The van der Waals surface area contributed by atoms with E-state index >= 15 is 0 Å². The molecule has 0 saturated carbocycles. The second-order valence-corrected chi connectivity index (χ2v) is 4.72. The molecule has 0 unspecified atom stereocenters. The molecule has 1 saturated heterocycles. The first-order valence-electron chi connectivity index (χ1n) is 6.63. The second-order valence-electron chi connectivity index (χ2n) is 4.72. The van der Waals surface area contributed by atoms with E-state index in [1.54, 1.807) is 13.1 Å². The minimum absolute atomic E-state index is 0.00176. The van der Waals surface area contributed by atoms with Crippen LogP contribution in [0.25, 0.3) is 0 Å². The molecule has 0 aliphatic carbocycles. The summed E-state index contributed by atoms with van der Waals surface area (Å²) in [7, 11) is 1.76. The number of hydrogen-bond acceptors (Lipinski definition) is 4. The van der Waals surface area contributed by atoms with Crippen LogP contribution in [-0.2, 0) is 0 Å². The number of piperidine rings is 1. The van der Waals surface area contributed by atoms with E-state index in [1.165, 1.54) is 12.5 Å². The maximum absolute atomic E-state index is 12.2. The van der Waals surface area contributed by atoms with Crippen molar-refractivity contribution in [1.29, 1.82) is 0 Å². The third-order valence-electron chi connectivity index (χ3n) is 3.16. The highest BCUT2D eigenvalue weighted by molar-refractivity contribution is 5.66. The molecule has 1 fully saturated rings. The lowest BCUT2D eigenvalue weighted by Gasteiger charge is -2.29. The van der Waals surface area contributed by atoms with Crippen LogP contribution in [0.1, 0.15) is 19.3 Å². The normalized spacial score (nSPS) is 16.1. The van der Waals surface area contributed by atoms with Gasteiger partial charge < -0.3 is 15.0 Å². The lowest BCUT2D eigenvalue weighted by molar-refractivity contribution is -0.154. The van der Waals surface area contributed by atoms with Crippen LogP contribution in [0.5, 0.6) is 5.88 Å². The zero-order chi connectivity index (χ0) is 14.6. The minimum Gasteiger partial charge on any atom is -0.468 e. The molecular weight excluding hydrogens is 271 g/mol. The van der Waals surface area contributed by atoms with Gasteiger partial charge in [-0.2, -0.15) is 18.2 Å². The Hall–Kier alpha value is -1.66. The molecule has 1 aliphatic rings. The summed E-state index contributed by atoms with van der Waals surface area (Å²) in [5.74, 6) is 0.661. The molecule has 2 heterocycles. The van der Waals surface area contributed by atoms with Gasteiger partial charge in [0, 0.05) is 26.2 Å². The van der Waals surface area contributed by atoms with E-state index in [0.29, 0.717) is 5.82 Å². The van der Waals surface area contributed by atoms with Crippen LogP contribution in [0.4, 0.5) is 24.7 Å². The molecule has 0 radical (unpaired) electrons. The fourth-order valence-corrected chi connectivity index (χ4v) is 2.21. The van der Waals surface area contributed by atoms with Crippen LogP contribution >= 0.6 is 0 Å². The summed E-state index contributed by atoms with van der Waals surface area (Å²) in [6.07, 6.45) is -1.04. The topological polar surface area (TPSA) is 37.4 Å². The van der Waals surface area contributed by atoms with Gasteiger partial charge in [0.15, 0.2) is 12.4 Å². The molecule has 1 aromatic heterocycles. The van der Waals surface area contributed by atoms with Gasteiger partial charge in [0.2, 0.25) is 5.88 Å². The summed E-state index contributed by atoms with van der Waals surface area (Å²) in [5.41, 5.74) is 0.797. The average molecular weight is 289 g/mol. The molecule has 1 aromatic rings. The monoisotopic (exact) mass is 289 g/mol. The fourth-order valence-electron chi connectivity index (χ4n) is 2.21. The highest BCUT2D eigenvalue weighted by Gasteiger charge is 2.29. The summed E-state index contributed by atoms with van der Waals surface area (Å²) in [6, 6.07) is 3.15. The van der Waals surface area contributed by atoms with Crippen molar-refractivity contribution >= 4 is 11.5 Å². The summed E-state index contributed by atoms with van der Waals surface area (Å²) < 4.78 is 41.2. The number of aromatic nitrogens is 1. The second kappa shape index (κ2) is 6.19. The summed E-state index contributed by atoms with van der Waals surface area (Å²) in [6.45, 7) is 0.410. The number of nitrogens with one attached hydrogen (secondary N) is 1. The van der Waals surface area contributed by atoms with E-state index in [1.807, 2.05) is 0 Å². The number of hydrogen-bond donors (Lipinski definition) is 1. The molecular formula is C13H18F3N3O. The molecule has 112 valence electrons. The first-order valence-corrected chi connectivity index (χ1v) is 6.63. The Kier molecular flexibility index (Phi) is 4.57. The summed E-state index contributed by atoms with van der Waals surface area (Å²) >= 11 is 0. The molecule has 0 spiro atoms. The molecule has 7 heteroatoms. The fraction of sp³-hybridized carbons (Fsp3) is 0.615. The molecule has 20 heavy (non-hydrogen) atoms. The number of ether oxygens (including phenoxy) is 1. The zero-order valence-corrected chi connectivity index (χ0v) is 11.3. The van der Waals surface area contributed by atoms with E-state index in [-0.39, 0.29) is 5.88 Å². The van der Waals surface area contributed by atoms with E-state index in [2.05, 4.69) is 15.2 Å². The SMILES string of the molecule is CNc1ccc(OCC(F)(F)F)nc1N1CCCCC1. The van der Waals surface area contributed by atoms with Gasteiger partial charge in [-0.05, 0) is 25.3 Å². The van der Waals surface area contributed by atoms with E-state index in [4.69, 9.17) is 4.74 Å². The lowest BCUT2D eigenvalue weighted by Crippen LogP contribution is -2.31. The van der Waals surface area contributed by atoms with Crippen molar-refractivity contribution in [1.82, 2.24) is 4.98 Å². The Morgan fingerprint density at radius 3 is 2.55 bits per heavy atom. The maximum atomic E-state index is 12.2. The van der Waals surface area contributed by atoms with Gasteiger partial charge in [-0.25, -0.2) is 0 Å². The molecule has 0 atom stereocenters. The number of alkyl halides is 3. The Balaban J connectivity index is 2.15. The molecule has 1 aliphatic heterocycles. The summed E-state index contributed by atoms with van der Waals surface area (Å²) in [4.78, 5) is 6.29. The van der Waals surface area contributed by atoms with Crippen molar-refractivity contribution in [2.24, 2.45) is 0 Å². The number of pyridine rings is 1. The Bertz CT molecular complexity index is 445. The molecule has 0 aromatic carbocycles. The lowest BCUT2D eigenvalue weighted by atomic mass is 10.1. The molecule has 0 bridgehead atoms. The van der Waals surface area contributed by atoms with Crippen molar-refractivity contribution in [2.45, 2.75) is 25.4 Å². The van der Waals surface area contributed by atoms with Crippen molar-refractivity contribution in [3.63, 3.8) is 0 Å². The predicted molar refractivity (Wildman–Crippen MR) is 71.4 cm³/mol. The smallest absolute Gasteiger partial charge is 0.422 e. The number of anilines is 2. The molecule has 4 nitrogen and oxygen atoms in total. The van der Waals surface area contributed by atoms with Gasteiger partial charge in [-0.15, -0.1) is 0 Å². The highest BCUT2D eigenvalue weighted by atomic mass is 19.4. The third kappa shape index (κ3) is 3.91. The van der Waals surface area contributed by atoms with Gasteiger partial charge in [0.05, 0.1) is 5.69 Å². The van der Waals surface area contributed by atoms with Crippen LogP contribution < -0.4 is 15.0 Å². The van der Waals surface area contributed by atoms with E-state index in [9.17, 15) is 13.2 Å². The third-order valence-corrected chi connectivity index (χ3v) is 3.16. The molecule has 1 N–H and O–H groups in total. The quantitative estimate of drug-likeness (QED) is 0.924. The predicted octanol–water partition coefficient (Wildman–Crippen LogP) is 3.05. The van der Waals surface area contributed by atoms with Crippen molar-refractivity contribution < 1.29 is 17.9 Å². The van der Waals surface area contributed by atoms with Crippen molar-refractivity contribution in [2.75, 3.05) is 37.0 Å². The van der Waals surface area contributed by atoms with Crippen LogP contribution in [0.15, 0.2) is 12.1 Å². The minimum atomic E-state index is -4.35. The first kappa shape index (κ1) is 14.7. The standard InChI is InChI=1S/C13H18F3N3O/c1-17-10-5-6-11(20-9-13(14,15)16)18-12(10)19-7-3-2-4-8-19/h5-6,17H,2-4,7-9H2,1H3. The van der Waals surface area contributed by atoms with Crippen LogP contribution in [0.3, 0.4) is 0 Å². The number of halogens is 3. The van der Waals surface area contributed by atoms with Crippen molar-refractivity contribution in [3.8, 4) is 5.88 Å². The average Bonchev–Trinajstić information content (AvgIpc) is 2.45. The Morgan fingerprint density at radius 2 is 1.95 bits per heavy atom. The van der Waals surface area contributed by atoms with Gasteiger partial charge in [0.25, 0.3) is 0 Å². The van der Waals surface area contributed by atoms with E-state index in [0.717, 1.165) is 31.6 Å². The van der Waals surface area contributed by atoms with Crippen LogP contribution in [0, 0.1) is 0 Å². The Labute approximate surface area is 115 Å². The largest absolute Gasteiger partial charge is 0.468 e. The van der Waals surface area contributed by atoms with Crippen LogP contribution in [-0.4, -0.2) is 37.9 Å². The zero-order valence-electron chi connectivity index (χ0n) is 11.3. The summed E-state index contributed by atoms with van der Waals surface area (Å²) in [5, 5.41) is 3.01. The van der Waals surface area contributed by atoms with Crippen molar-refractivity contribution in [3.05, 3.63) is 12.1 Å². The number of rotatable bonds is 4. The van der Waals surface area contributed by atoms with Gasteiger partial charge in [-0.3, -0.25) is 0 Å².